The molecular weight excluding hydrogens is 511 g/mol. The quantitative estimate of drug-likeness (QED) is 0.251. The van der Waals surface area contributed by atoms with Gasteiger partial charge in [-0.3, -0.25) is 4.52 Å². The molecular formula is C36H47O3P. The molecule has 1 heterocycles. The first kappa shape index (κ1) is 29.0. The fraction of sp³-hybridized carbons (Fsp3) is 0.500. The molecule has 1 aliphatic rings. The highest BCUT2D eigenvalue weighted by molar-refractivity contribution is 7.31. The highest BCUT2D eigenvalue weighted by Gasteiger charge is 2.31. The van der Waals surface area contributed by atoms with Crippen molar-refractivity contribution >= 4 is 30.2 Å². The van der Waals surface area contributed by atoms with E-state index in [0.717, 1.165) is 24.0 Å². The number of hydrogen-bond acceptors (Lipinski definition) is 3. The molecule has 0 aliphatic heterocycles. The van der Waals surface area contributed by atoms with Crippen molar-refractivity contribution in [3.05, 3.63) is 81.4 Å². The van der Waals surface area contributed by atoms with Crippen LogP contribution >= 0.6 is 8.24 Å². The van der Waals surface area contributed by atoms with Crippen molar-refractivity contribution in [3.63, 3.8) is 0 Å². The van der Waals surface area contributed by atoms with Crippen molar-refractivity contribution in [1.29, 1.82) is 0 Å². The Bertz CT molecular complexity index is 1490. The van der Waals surface area contributed by atoms with Crippen LogP contribution in [0, 0.1) is 27.7 Å². The molecule has 0 N–H and O–H groups in total. The van der Waals surface area contributed by atoms with Gasteiger partial charge in [-0.05, 0) is 79.2 Å². The van der Waals surface area contributed by atoms with Gasteiger partial charge in [-0.25, -0.2) is 0 Å². The van der Waals surface area contributed by atoms with E-state index in [1.165, 1.54) is 62.6 Å². The molecule has 0 bridgehead atoms. The lowest BCUT2D eigenvalue weighted by Crippen LogP contribution is -2.27. The lowest BCUT2D eigenvalue weighted by atomic mass is 9.81. The Balaban J connectivity index is 1.88. The van der Waals surface area contributed by atoms with E-state index in [1.54, 1.807) is 0 Å². The van der Waals surface area contributed by atoms with Crippen molar-refractivity contribution in [1.82, 2.24) is 0 Å². The van der Waals surface area contributed by atoms with Gasteiger partial charge in [-0.2, -0.15) is 0 Å². The molecule has 3 nitrogen and oxygen atoms in total. The Kier molecular flexibility index (Phi) is 7.79. The Morgan fingerprint density at radius 3 is 1.65 bits per heavy atom. The molecule has 0 spiro atoms. The monoisotopic (exact) mass is 558 g/mol. The van der Waals surface area contributed by atoms with Crippen molar-refractivity contribution in [2.45, 2.75) is 118 Å². The van der Waals surface area contributed by atoms with Crippen molar-refractivity contribution in [3.8, 4) is 0 Å². The predicted octanol–water partition coefficient (Wildman–Crippen LogP) is 11.3. The van der Waals surface area contributed by atoms with E-state index in [9.17, 15) is 0 Å². The molecule has 1 aromatic heterocycles. The Hall–Kier alpha value is -2.48. The fourth-order valence-corrected chi connectivity index (χ4v) is 7.59. The average Bonchev–Trinajstić information content (AvgIpc) is 3.05. The molecule has 1 saturated carbocycles. The first-order chi connectivity index (χ1) is 18.8. The Morgan fingerprint density at radius 1 is 0.700 bits per heavy atom. The highest BCUT2D eigenvalue weighted by Crippen LogP contribution is 2.47. The summed E-state index contributed by atoms with van der Waals surface area (Å²) in [5.74, 6) is 0.343. The third-order valence-electron chi connectivity index (χ3n) is 8.95. The minimum absolute atomic E-state index is 0.0570. The predicted molar refractivity (Wildman–Crippen MR) is 171 cm³/mol. The molecule has 40 heavy (non-hydrogen) atoms. The van der Waals surface area contributed by atoms with Gasteiger partial charge in [0, 0.05) is 27.8 Å². The van der Waals surface area contributed by atoms with Crippen LogP contribution in [0.5, 0.6) is 0 Å². The average molecular weight is 559 g/mol. The zero-order valence-corrected chi connectivity index (χ0v) is 27.1. The number of hydrogen-bond donors (Lipinski definition) is 0. The summed E-state index contributed by atoms with van der Waals surface area (Å²) >= 11 is 0. The van der Waals surface area contributed by atoms with Gasteiger partial charge in [0.15, 0.2) is 0 Å². The van der Waals surface area contributed by atoms with E-state index in [0.29, 0.717) is 5.92 Å². The SMILES string of the molecule is Cc1cc(C(C)(C)C)c2op(O[C@H]3CCCCC3c3ccccc3)oc3c(C(C)(C)C)cc(C)c(C)c3c2c1C. The zero-order valence-electron chi connectivity index (χ0n) is 26.2. The van der Waals surface area contributed by atoms with Crippen LogP contribution in [-0.2, 0) is 10.8 Å². The van der Waals surface area contributed by atoms with E-state index in [-0.39, 0.29) is 16.9 Å². The summed E-state index contributed by atoms with van der Waals surface area (Å²) in [7, 11) is -1.68. The zero-order chi connectivity index (χ0) is 29.0. The van der Waals surface area contributed by atoms with Gasteiger partial charge in [0.05, 0.1) is 6.10 Å². The molecule has 1 unspecified atom stereocenters. The van der Waals surface area contributed by atoms with Gasteiger partial charge in [-0.1, -0.05) is 96.8 Å². The van der Waals surface area contributed by atoms with Crippen LogP contribution in [0.25, 0.3) is 21.9 Å². The van der Waals surface area contributed by atoms with Gasteiger partial charge >= 0.3 is 8.24 Å². The molecule has 2 atom stereocenters. The van der Waals surface area contributed by atoms with E-state index < -0.39 is 8.24 Å². The van der Waals surface area contributed by atoms with E-state index >= 15 is 0 Å². The number of rotatable bonds is 3. The van der Waals surface area contributed by atoms with Gasteiger partial charge in [0.2, 0.25) is 0 Å². The first-order valence-electron chi connectivity index (χ1n) is 14.9. The summed E-state index contributed by atoms with van der Waals surface area (Å²) in [4.78, 5) is 0. The van der Waals surface area contributed by atoms with Crippen LogP contribution in [0.4, 0.5) is 0 Å². The Morgan fingerprint density at radius 2 is 1.18 bits per heavy atom. The molecule has 4 aromatic rings. The van der Waals surface area contributed by atoms with Crippen LogP contribution in [0.15, 0.2) is 50.9 Å². The minimum atomic E-state index is -1.68. The standard InChI is InChI=1S/C36H47O3P/c1-22-20-28(35(5,6)7)33-31(24(22)3)32-25(4)23(2)21-29(36(8,9)10)34(32)39-40(38-33)37-30-19-15-14-18-27(30)26-16-12-11-13-17-26/h11-13,16-17,20-21,27,30H,14-15,18-19H2,1-10H3/t27?,30-/m0/s1. The van der Waals surface area contributed by atoms with Gasteiger partial charge in [0.1, 0.15) is 11.2 Å². The van der Waals surface area contributed by atoms with E-state index in [4.69, 9.17) is 12.9 Å². The summed E-state index contributed by atoms with van der Waals surface area (Å²) in [5, 5.41) is 2.34. The largest absolute Gasteiger partial charge is 0.399 e. The third kappa shape index (κ3) is 5.40. The number of fused-ring (bicyclic) bond motifs is 3. The number of aryl methyl sites for hydroxylation is 4. The maximum atomic E-state index is 7.00. The van der Waals surface area contributed by atoms with Crippen LogP contribution < -0.4 is 4.52 Å². The van der Waals surface area contributed by atoms with Crippen molar-refractivity contribution in [2.75, 3.05) is 0 Å². The topological polar surface area (TPSA) is 35.5 Å². The fourth-order valence-electron chi connectivity index (χ4n) is 6.32. The first-order valence-corrected chi connectivity index (χ1v) is 16.0. The van der Waals surface area contributed by atoms with Crippen LogP contribution in [0.1, 0.15) is 112 Å². The normalized spacial score (nSPS) is 18.4. The molecule has 3 aromatic carbocycles. The van der Waals surface area contributed by atoms with Gasteiger partial charge < -0.3 is 8.39 Å². The van der Waals surface area contributed by atoms with E-state index in [1.807, 2.05) is 0 Å². The smallest absolute Gasteiger partial charge is 0.387 e. The molecule has 0 radical (unpaired) electrons. The van der Waals surface area contributed by atoms with E-state index in [2.05, 4.69) is 112 Å². The maximum Gasteiger partial charge on any atom is 0.387 e. The third-order valence-corrected chi connectivity index (χ3v) is 10.1. The molecule has 1 fully saturated rings. The van der Waals surface area contributed by atoms with Crippen LogP contribution in [-0.4, -0.2) is 6.10 Å². The summed E-state index contributed by atoms with van der Waals surface area (Å²) in [5.41, 5.74) is 10.5. The molecule has 214 valence electrons. The molecule has 0 amide bonds. The highest BCUT2D eigenvalue weighted by atomic mass is 31.1. The molecule has 4 heteroatoms. The van der Waals surface area contributed by atoms with Gasteiger partial charge in [0.25, 0.3) is 0 Å². The van der Waals surface area contributed by atoms with Crippen molar-refractivity contribution < 1.29 is 12.9 Å². The summed E-state index contributed by atoms with van der Waals surface area (Å²) < 4.78 is 21.0. The minimum Gasteiger partial charge on any atom is -0.399 e. The molecule has 5 rings (SSSR count). The Labute approximate surface area is 241 Å². The summed E-state index contributed by atoms with van der Waals surface area (Å²) in [6.45, 7) is 22.5. The van der Waals surface area contributed by atoms with Gasteiger partial charge in [-0.15, -0.1) is 0 Å². The second-order valence-corrected chi connectivity index (χ2v) is 15.0. The maximum absolute atomic E-state index is 7.00. The second-order valence-electron chi connectivity index (χ2n) is 14.0. The number of benzene rings is 3. The molecule has 1 aliphatic carbocycles. The van der Waals surface area contributed by atoms with Crippen LogP contribution in [0.3, 0.4) is 0 Å². The second kappa shape index (κ2) is 10.7. The lowest BCUT2D eigenvalue weighted by Gasteiger charge is -2.30. The van der Waals surface area contributed by atoms with Crippen molar-refractivity contribution in [2.24, 2.45) is 0 Å². The summed E-state index contributed by atoms with van der Waals surface area (Å²) in [6.07, 6.45) is 4.60. The molecule has 0 saturated heterocycles. The summed E-state index contributed by atoms with van der Waals surface area (Å²) in [6, 6.07) is 15.5. The van der Waals surface area contributed by atoms with Crippen LogP contribution in [0.2, 0.25) is 0 Å². The lowest BCUT2D eigenvalue weighted by molar-refractivity contribution is 0.172.